The highest BCUT2D eigenvalue weighted by atomic mass is 19.1. The number of nitrogens with zero attached hydrogens (tertiary/aromatic N) is 1. The van der Waals surface area contributed by atoms with Crippen LogP contribution in [-0.4, -0.2) is 4.98 Å². The molecule has 0 aliphatic heterocycles. The van der Waals surface area contributed by atoms with E-state index in [1.807, 2.05) is 31.2 Å². The number of hydrogen-bond acceptors (Lipinski definition) is 2. The number of rotatable bonds is 4. The van der Waals surface area contributed by atoms with E-state index in [4.69, 9.17) is 0 Å². The van der Waals surface area contributed by atoms with Crippen LogP contribution >= 0.6 is 0 Å². The zero-order valence-electron chi connectivity index (χ0n) is 9.73. The highest BCUT2D eigenvalue weighted by molar-refractivity contribution is 5.16. The zero-order valence-corrected chi connectivity index (χ0v) is 9.73. The number of aromatic nitrogens is 1. The highest BCUT2D eigenvalue weighted by Gasteiger charge is 2.05. The maximum absolute atomic E-state index is 13.0. The van der Waals surface area contributed by atoms with Crippen molar-refractivity contribution in [2.24, 2.45) is 0 Å². The minimum absolute atomic E-state index is 0.152. The Hall–Kier alpha value is -1.74. The molecule has 1 aromatic heterocycles. The molecule has 0 fully saturated rings. The van der Waals surface area contributed by atoms with Crippen LogP contribution in [0.3, 0.4) is 0 Å². The van der Waals surface area contributed by atoms with Gasteiger partial charge in [-0.2, -0.15) is 0 Å². The van der Waals surface area contributed by atoms with E-state index in [-0.39, 0.29) is 11.9 Å². The van der Waals surface area contributed by atoms with Crippen molar-refractivity contribution in [3.8, 4) is 0 Å². The van der Waals surface area contributed by atoms with E-state index in [2.05, 4.69) is 10.3 Å². The second-order valence-corrected chi connectivity index (χ2v) is 3.99. The largest absolute Gasteiger partial charge is 0.305 e. The summed E-state index contributed by atoms with van der Waals surface area (Å²) < 4.78 is 13.0. The lowest BCUT2D eigenvalue weighted by Gasteiger charge is -2.13. The van der Waals surface area contributed by atoms with Crippen LogP contribution in [0.4, 0.5) is 4.39 Å². The molecular weight excluding hydrogens is 215 g/mol. The first-order valence-corrected chi connectivity index (χ1v) is 5.64. The van der Waals surface area contributed by atoms with Crippen LogP contribution in [0.25, 0.3) is 0 Å². The highest BCUT2D eigenvalue weighted by Crippen LogP contribution is 2.10. The molecule has 0 radical (unpaired) electrons. The molecule has 0 aliphatic rings. The van der Waals surface area contributed by atoms with Crippen LogP contribution < -0.4 is 5.32 Å². The minimum Gasteiger partial charge on any atom is -0.305 e. The van der Waals surface area contributed by atoms with Crippen LogP contribution in [-0.2, 0) is 6.54 Å². The molecule has 0 amide bonds. The van der Waals surface area contributed by atoms with E-state index >= 15 is 0 Å². The summed E-state index contributed by atoms with van der Waals surface area (Å²) in [5.74, 6) is -0.199. The number of nitrogens with one attached hydrogen (secondary N) is 1. The second kappa shape index (κ2) is 5.55. The molecule has 1 atom stereocenters. The van der Waals surface area contributed by atoms with Gasteiger partial charge in [0.05, 0.1) is 5.69 Å². The lowest BCUT2D eigenvalue weighted by atomic mass is 10.2. The Balaban J connectivity index is 1.95. The number of benzene rings is 1. The van der Waals surface area contributed by atoms with Crippen LogP contribution in [0, 0.1) is 5.82 Å². The summed E-state index contributed by atoms with van der Waals surface area (Å²) in [4.78, 5) is 4.27. The molecular formula is C14H15FN2. The maximum Gasteiger partial charge on any atom is 0.123 e. The molecule has 2 rings (SSSR count). The van der Waals surface area contributed by atoms with Gasteiger partial charge in [-0.3, -0.25) is 4.98 Å². The van der Waals surface area contributed by atoms with Crippen molar-refractivity contribution in [1.82, 2.24) is 10.3 Å². The third-order valence-corrected chi connectivity index (χ3v) is 2.63. The first-order chi connectivity index (χ1) is 8.25. The van der Waals surface area contributed by atoms with Crippen molar-refractivity contribution >= 4 is 0 Å². The Kier molecular flexibility index (Phi) is 3.83. The van der Waals surface area contributed by atoms with Gasteiger partial charge >= 0.3 is 0 Å². The minimum atomic E-state index is -0.199. The molecule has 0 spiro atoms. The number of hydrogen-bond donors (Lipinski definition) is 1. The van der Waals surface area contributed by atoms with E-state index in [1.165, 1.54) is 12.1 Å². The summed E-state index contributed by atoms with van der Waals surface area (Å²) in [6.45, 7) is 2.68. The lowest BCUT2D eigenvalue weighted by Crippen LogP contribution is -2.18. The lowest BCUT2D eigenvalue weighted by molar-refractivity contribution is 0.557. The Bertz CT molecular complexity index is 471. The van der Waals surface area contributed by atoms with Gasteiger partial charge in [-0.1, -0.05) is 18.2 Å². The Morgan fingerprint density at radius 2 is 2.12 bits per heavy atom. The van der Waals surface area contributed by atoms with Crippen LogP contribution in [0.5, 0.6) is 0 Å². The maximum atomic E-state index is 13.0. The first-order valence-electron chi connectivity index (χ1n) is 5.64. The molecule has 2 nitrogen and oxygen atoms in total. The second-order valence-electron chi connectivity index (χ2n) is 3.99. The standard InChI is InChI=1S/C14H15FN2/c1-11(14-7-2-3-8-16-14)17-10-12-5-4-6-13(15)9-12/h2-9,11,17H,10H2,1H3/t11-/m0/s1. The fourth-order valence-corrected chi connectivity index (χ4v) is 1.65. The van der Waals surface area contributed by atoms with Crippen LogP contribution in [0.1, 0.15) is 24.2 Å². The molecule has 1 heterocycles. The number of pyridine rings is 1. The summed E-state index contributed by atoms with van der Waals surface area (Å²) in [6, 6.07) is 12.6. The molecule has 2 aromatic rings. The molecule has 0 bridgehead atoms. The van der Waals surface area contributed by atoms with Gasteiger partial charge in [0.1, 0.15) is 5.82 Å². The summed E-state index contributed by atoms with van der Waals surface area (Å²) in [5.41, 5.74) is 1.93. The normalized spacial score (nSPS) is 12.4. The van der Waals surface area contributed by atoms with Gasteiger partial charge in [-0.05, 0) is 36.8 Å². The van der Waals surface area contributed by atoms with E-state index < -0.39 is 0 Å². The first kappa shape index (κ1) is 11.7. The van der Waals surface area contributed by atoms with Gasteiger partial charge < -0.3 is 5.32 Å². The molecule has 17 heavy (non-hydrogen) atoms. The Morgan fingerprint density at radius 1 is 1.24 bits per heavy atom. The van der Waals surface area contributed by atoms with Gasteiger partial charge in [0.25, 0.3) is 0 Å². The van der Waals surface area contributed by atoms with Crippen molar-refractivity contribution in [1.29, 1.82) is 0 Å². The van der Waals surface area contributed by atoms with Crippen molar-refractivity contribution in [3.05, 3.63) is 65.7 Å². The van der Waals surface area contributed by atoms with Crippen molar-refractivity contribution in [2.75, 3.05) is 0 Å². The fraction of sp³-hybridized carbons (Fsp3) is 0.214. The molecule has 1 aromatic carbocycles. The summed E-state index contributed by atoms with van der Waals surface area (Å²) in [6.07, 6.45) is 1.77. The fourth-order valence-electron chi connectivity index (χ4n) is 1.65. The molecule has 0 saturated heterocycles. The summed E-state index contributed by atoms with van der Waals surface area (Å²) in [7, 11) is 0. The predicted octanol–water partition coefficient (Wildman–Crippen LogP) is 3.07. The smallest absolute Gasteiger partial charge is 0.123 e. The Labute approximate surface area is 101 Å². The average molecular weight is 230 g/mol. The summed E-state index contributed by atoms with van der Waals surface area (Å²) >= 11 is 0. The van der Waals surface area contributed by atoms with Crippen LogP contribution in [0.2, 0.25) is 0 Å². The third kappa shape index (κ3) is 3.36. The van der Waals surface area contributed by atoms with Gasteiger partial charge in [-0.15, -0.1) is 0 Å². The monoisotopic (exact) mass is 230 g/mol. The van der Waals surface area contributed by atoms with Gasteiger partial charge in [0, 0.05) is 18.8 Å². The van der Waals surface area contributed by atoms with Gasteiger partial charge in [0.15, 0.2) is 0 Å². The van der Waals surface area contributed by atoms with E-state index in [0.717, 1.165) is 11.3 Å². The summed E-state index contributed by atoms with van der Waals surface area (Å²) in [5, 5.41) is 3.31. The Morgan fingerprint density at radius 3 is 2.82 bits per heavy atom. The van der Waals surface area contributed by atoms with E-state index in [1.54, 1.807) is 12.3 Å². The predicted molar refractivity (Wildman–Crippen MR) is 65.9 cm³/mol. The average Bonchev–Trinajstić information content (AvgIpc) is 2.37. The topological polar surface area (TPSA) is 24.9 Å². The third-order valence-electron chi connectivity index (χ3n) is 2.63. The number of halogens is 1. The van der Waals surface area contributed by atoms with Crippen molar-refractivity contribution in [2.45, 2.75) is 19.5 Å². The van der Waals surface area contributed by atoms with Crippen molar-refractivity contribution in [3.63, 3.8) is 0 Å². The molecule has 0 aliphatic carbocycles. The van der Waals surface area contributed by atoms with Crippen molar-refractivity contribution < 1.29 is 4.39 Å². The zero-order chi connectivity index (χ0) is 12.1. The van der Waals surface area contributed by atoms with Gasteiger partial charge in [0.2, 0.25) is 0 Å². The molecule has 0 saturated carbocycles. The SMILES string of the molecule is C[C@H](NCc1cccc(F)c1)c1ccccn1. The van der Waals surface area contributed by atoms with Gasteiger partial charge in [-0.25, -0.2) is 4.39 Å². The van der Waals surface area contributed by atoms with E-state index in [9.17, 15) is 4.39 Å². The molecule has 88 valence electrons. The molecule has 0 unspecified atom stereocenters. The van der Waals surface area contributed by atoms with Crippen LogP contribution in [0.15, 0.2) is 48.7 Å². The van der Waals surface area contributed by atoms with E-state index in [0.29, 0.717) is 6.54 Å². The molecule has 3 heteroatoms. The molecule has 1 N–H and O–H groups in total. The quantitative estimate of drug-likeness (QED) is 0.873.